The molecule has 1 amide bonds. The molecule has 0 aromatic heterocycles. The Morgan fingerprint density at radius 2 is 1.62 bits per heavy atom. The zero-order chi connectivity index (χ0) is 21.1. The summed E-state index contributed by atoms with van der Waals surface area (Å²) in [7, 11) is 0. The van der Waals surface area contributed by atoms with Crippen LogP contribution >= 0.6 is 0 Å². The summed E-state index contributed by atoms with van der Waals surface area (Å²) in [5.41, 5.74) is 6.32. The molecule has 0 fully saturated rings. The number of rotatable bonds is 12. The van der Waals surface area contributed by atoms with E-state index in [9.17, 15) is 14.4 Å². The van der Waals surface area contributed by atoms with Gasteiger partial charge in [-0.15, -0.1) is 0 Å². The van der Waals surface area contributed by atoms with E-state index >= 15 is 0 Å². The highest BCUT2D eigenvalue weighted by molar-refractivity contribution is 5.97. The van der Waals surface area contributed by atoms with Gasteiger partial charge in [0.2, 0.25) is 6.10 Å². The largest absolute Gasteiger partial charge is 0.494 e. The molecule has 2 N–H and O–H groups in total. The number of benzene rings is 2. The predicted octanol–water partition coefficient (Wildman–Crippen LogP) is 3.99. The van der Waals surface area contributed by atoms with Gasteiger partial charge in [-0.3, -0.25) is 14.4 Å². The molecule has 0 unspecified atom stereocenters. The number of ether oxygens (including phenoxy) is 2. The van der Waals surface area contributed by atoms with E-state index in [2.05, 4.69) is 6.92 Å². The number of primary amides is 1. The monoisotopic (exact) mass is 397 g/mol. The van der Waals surface area contributed by atoms with E-state index in [1.54, 1.807) is 54.6 Å². The standard InChI is InChI=1S/C23H27NO5/c1-2-3-7-16-28-19-12-10-17(11-13-19)20(25)14-15-21(26)29-22(23(24)27)18-8-5-4-6-9-18/h4-6,8-13,22H,2-3,7,14-16H2,1H3,(H2,24,27)/t22-/m0/s1. The zero-order valence-corrected chi connectivity index (χ0v) is 16.6. The number of esters is 1. The van der Waals surface area contributed by atoms with Crippen LogP contribution in [0, 0.1) is 0 Å². The van der Waals surface area contributed by atoms with E-state index in [0.717, 1.165) is 19.3 Å². The average Bonchev–Trinajstić information content (AvgIpc) is 2.74. The highest BCUT2D eigenvalue weighted by Gasteiger charge is 2.22. The number of amides is 1. The molecule has 1 atom stereocenters. The molecule has 0 spiro atoms. The lowest BCUT2D eigenvalue weighted by Crippen LogP contribution is -2.26. The van der Waals surface area contributed by atoms with Crippen molar-refractivity contribution in [2.24, 2.45) is 5.73 Å². The molecule has 2 rings (SSSR count). The van der Waals surface area contributed by atoms with Crippen LogP contribution in [0.3, 0.4) is 0 Å². The first-order chi connectivity index (χ1) is 14.0. The molecule has 29 heavy (non-hydrogen) atoms. The smallest absolute Gasteiger partial charge is 0.307 e. The second kappa shape index (κ2) is 11.6. The fourth-order valence-electron chi connectivity index (χ4n) is 2.75. The molecule has 2 aromatic rings. The maximum atomic E-state index is 12.3. The van der Waals surface area contributed by atoms with Crippen molar-refractivity contribution in [2.75, 3.05) is 6.61 Å². The molecule has 2 aromatic carbocycles. The molecular weight excluding hydrogens is 370 g/mol. The van der Waals surface area contributed by atoms with Crippen LogP contribution < -0.4 is 10.5 Å². The number of unbranched alkanes of at least 4 members (excludes halogenated alkanes) is 2. The Hall–Kier alpha value is -3.15. The maximum absolute atomic E-state index is 12.3. The third-order valence-electron chi connectivity index (χ3n) is 4.36. The molecule has 6 nitrogen and oxygen atoms in total. The molecule has 0 heterocycles. The van der Waals surface area contributed by atoms with Crippen molar-refractivity contribution in [1.82, 2.24) is 0 Å². The van der Waals surface area contributed by atoms with Gasteiger partial charge in [-0.2, -0.15) is 0 Å². The van der Waals surface area contributed by atoms with Gasteiger partial charge >= 0.3 is 5.97 Å². The first-order valence-electron chi connectivity index (χ1n) is 9.81. The van der Waals surface area contributed by atoms with Gasteiger partial charge in [-0.1, -0.05) is 50.1 Å². The molecule has 0 bridgehead atoms. The van der Waals surface area contributed by atoms with Crippen LogP contribution in [0.2, 0.25) is 0 Å². The van der Waals surface area contributed by atoms with Gasteiger partial charge in [0.15, 0.2) is 5.78 Å². The van der Waals surface area contributed by atoms with Crippen LogP contribution in [0.15, 0.2) is 54.6 Å². The summed E-state index contributed by atoms with van der Waals surface area (Å²) in [6.45, 7) is 2.78. The Labute approximate surface area is 171 Å². The lowest BCUT2D eigenvalue weighted by molar-refractivity contribution is -0.155. The summed E-state index contributed by atoms with van der Waals surface area (Å²) in [4.78, 5) is 36.0. The number of ketones is 1. The van der Waals surface area contributed by atoms with Crippen molar-refractivity contribution in [3.05, 3.63) is 65.7 Å². The molecule has 0 aliphatic heterocycles. The Morgan fingerprint density at radius 3 is 2.24 bits per heavy atom. The minimum Gasteiger partial charge on any atom is -0.494 e. The molecule has 6 heteroatoms. The molecule has 0 aliphatic rings. The first kappa shape index (κ1) is 22.1. The van der Waals surface area contributed by atoms with Crippen molar-refractivity contribution in [1.29, 1.82) is 0 Å². The van der Waals surface area contributed by atoms with E-state index in [0.29, 0.717) is 23.5 Å². The van der Waals surface area contributed by atoms with E-state index in [-0.39, 0.29) is 18.6 Å². The van der Waals surface area contributed by atoms with Crippen molar-refractivity contribution in [2.45, 2.75) is 45.1 Å². The third kappa shape index (κ3) is 7.41. The second-order valence-electron chi connectivity index (χ2n) is 6.69. The Kier molecular flexibility index (Phi) is 8.89. The minimum absolute atomic E-state index is 0.0180. The number of carbonyl (C=O) groups is 3. The number of hydrogen-bond donors (Lipinski definition) is 1. The summed E-state index contributed by atoms with van der Waals surface area (Å²) < 4.78 is 10.8. The van der Waals surface area contributed by atoms with Crippen LogP contribution in [-0.4, -0.2) is 24.3 Å². The number of carbonyl (C=O) groups excluding carboxylic acids is 3. The summed E-state index contributed by atoms with van der Waals surface area (Å²) in [5.74, 6) is -0.883. The van der Waals surface area contributed by atoms with E-state index in [1.165, 1.54) is 0 Å². The Morgan fingerprint density at radius 1 is 0.931 bits per heavy atom. The van der Waals surface area contributed by atoms with Gasteiger partial charge in [-0.05, 0) is 30.7 Å². The first-order valence-corrected chi connectivity index (χ1v) is 9.81. The quantitative estimate of drug-likeness (QED) is 0.332. The van der Waals surface area contributed by atoms with E-state index in [1.807, 2.05) is 0 Å². The molecular formula is C23H27NO5. The second-order valence-corrected chi connectivity index (χ2v) is 6.69. The van der Waals surface area contributed by atoms with Gasteiger partial charge in [0.05, 0.1) is 13.0 Å². The van der Waals surface area contributed by atoms with Crippen LogP contribution in [0.1, 0.15) is 61.1 Å². The van der Waals surface area contributed by atoms with Crippen LogP contribution in [-0.2, 0) is 14.3 Å². The van der Waals surface area contributed by atoms with Gasteiger partial charge in [0.1, 0.15) is 5.75 Å². The topological polar surface area (TPSA) is 95.7 Å². The van der Waals surface area contributed by atoms with Crippen molar-refractivity contribution in [3.63, 3.8) is 0 Å². The van der Waals surface area contributed by atoms with Crippen molar-refractivity contribution < 1.29 is 23.9 Å². The SMILES string of the molecule is CCCCCOc1ccc(C(=O)CCC(=O)O[C@H](C(N)=O)c2ccccc2)cc1. The fourth-order valence-corrected chi connectivity index (χ4v) is 2.75. The maximum Gasteiger partial charge on any atom is 0.307 e. The molecule has 0 aliphatic carbocycles. The van der Waals surface area contributed by atoms with Crippen molar-refractivity contribution >= 4 is 17.7 Å². The Bertz CT molecular complexity index is 802. The lowest BCUT2D eigenvalue weighted by Gasteiger charge is -2.14. The summed E-state index contributed by atoms with van der Waals surface area (Å²) in [6.07, 6.45) is 1.93. The highest BCUT2D eigenvalue weighted by atomic mass is 16.5. The molecule has 154 valence electrons. The summed E-state index contributed by atoms with van der Waals surface area (Å²) in [5, 5.41) is 0. The van der Waals surface area contributed by atoms with Gasteiger partial charge in [-0.25, -0.2) is 0 Å². The number of nitrogens with two attached hydrogens (primary N) is 1. The average molecular weight is 397 g/mol. The normalized spacial score (nSPS) is 11.5. The van der Waals surface area contributed by atoms with E-state index in [4.69, 9.17) is 15.2 Å². The van der Waals surface area contributed by atoms with Crippen molar-refractivity contribution in [3.8, 4) is 5.75 Å². The van der Waals surface area contributed by atoms with Crippen LogP contribution in [0.25, 0.3) is 0 Å². The van der Waals surface area contributed by atoms with Crippen LogP contribution in [0.4, 0.5) is 0 Å². The lowest BCUT2D eigenvalue weighted by atomic mass is 10.1. The fraction of sp³-hybridized carbons (Fsp3) is 0.348. The summed E-state index contributed by atoms with van der Waals surface area (Å²) in [6, 6.07) is 15.4. The Balaban J connectivity index is 1.83. The van der Waals surface area contributed by atoms with E-state index < -0.39 is 18.0 Å². The zero-order valence-electron chi connectivity index (χ0n) is 16.6. The predicted molar refractivity (Wildman–Crippen MR) is 109 cm³/mol. The molecule has 0 saturated carbocycles. The minimum atomic E-state index is -1.16. The number of Topliss-reactive ketones (excluding diaryl/α,β-unsaturated/α-hetero) is 1. The third-order valence-corrected chi connectivity index (χ3v) is 4.36. The molecule has 0 radical (unpaired) electrons. The highest BCUT2D eigenvalue weighted by Crippen LogP contribution is 2.19. The van der Waals surface area contributed by atoms with Gasteiger partial charge in [0.25, 0.3) is 5.91 Å². The van der Waals surface area contributed by atoms with Gasteiger partial charge < -0.3 is 15.2 Å². The number of hydrogen-bond acceptors (Lipinski definition) is 5. The molecule has 0 saturated heterocycles. The van der Waals surface area contributed by atoms with Gasteiger partial charge in [0, 0.05) is 17.5 Å². The van der Waals surface area contributed by atoms with Crippen LogP contribution in [0.5, 0.6) is 5.75 Å². The summed E-state index contributed by atoms with van der Waals surface area (Å²) >= 11 is 0.